The second-order valence-corrected chi connectivity index (χ2v) is 8.30. The molecule has 1 aliphatic heterocycles. The highest BCUT2D eigenvalue weighted by Crippen LogP contribution is 2.34. The number of nitrogens with one attached hydrogen (secondary N) is 1. The number of ether oxygens (including phenoxy) is 2. The van der Waals surface area contributed by atoms with E-state index in [2.05, 4.69) is 5.32 Å². The number of carbonyl (C=O) groups is 3. The van der Waals surface area contributed by atoms with E-state index < -0.39 is 17.8 Å². The summed E-state index contributed by atoms with van der Waals surface area (Å²) in [5.74, 6) is -1.47. The van der Waals surface area contributed by atoms with Crippen LogP contribution in [0.3, 0.4) is 0 Å². The summed E-state index contributed by atoms with van der Waals surface area (Å²) in [5.41, 5.74) is 2.63. The molecule has 8 nitrogen and oxygen atoms in total. The molecule has 0 atom stereocenters. The summed E-state index contributed by atoms with van der Waals surface area (Å²) in [6.45, 7) is 1.96. The topological polar surface area (TPSA) is 105 Å². The summed E-state index contributed by atoms with van der Waals surface area (Å²) >= 11 is 5.29. The lowest BCUT2D eigenvalue weighted by atomic mass is 10.0. The van der Waals surface area contributed by atoms with Gasteiger partial charge in [-0.3, -0.25) is 19.8 Å². The van der Waals surface area contributed by atoms with Crippen LogP contribution < -0.4 is 19.7 Å². The first-order valence-corrected chi connectivity index (χ1v) is 11.3. The zero-order chi connectivity index (χ0) is 25.8. The van der Waals surface area contributed by atoms with Gasteiger partial charge in [0.05, 0.1) is 18.4 Å². The average molecular weight is 503 g/mol. The monoisotopic (exact) mass is 502 g/mol. The first kappa shape index (κ1) is 24.6. The quantitative estimate of drug-likeness (QED) is 0.285. The highest BCUT2D eigenvalue weighted by molar-refractivity contribution is 7.80. The van der Waals surface area contributed by atoms with E-state index in [0.29, 0.717) is 22.7 Å². The molecule has 4 rings (SSSR count). The smallest absolute Gasteiger partial charge is 0.335 e. The van der Waals surface area contributed by atoms with Crippen molar-refractivity contribution in [3.05, 3.63) is 94.6 Å². The number of rotatable bonds is 7. The fraction of sp³-hybridized carbons (Fsp3) is 0.111. The first-order chi connectivity index (χ1) is 17.3. The Morgan fingerprint density at radius 3 is 2.44 bits per heavy atom. The van der Waals surface area contributed by atoms with Crippen molar-refractivity contribution < 1.29 is 29.0 Å². The van der Waals surface area contributed by atoms with Crippen LogP contribution in [0.15, 0.2) is 72.3 Å². The molecular formula is C27H22N2O6S. The first-order valence-electron chi connectivity index (χ1n) is 10.9. The summed E-state index contributed by atoms with van der Waals surface area (Å²) in [5, 5.41) is 11.7. The molecule has 3 aromatic rings. The number of benzene rings is 3. The molecule has 0 spiro atoms. The third-order valence-electron chi connectivity index (χ3n) is 5.57. The van der Waals surface area contributed by atoms with Gasteiger partial charge in [0, 0.05) is 5.56 Å². The highest BCUT2D eigenvalue weighted by atomic mass is 32.1. The van der Waals surface area contributed by atoms with Crippen molar-refractivity contribution in [2.45, 2.75) is 13.5 Å². The molecule has 2 N–H and O–H groups in total. The van der Waals surface area contributed by atoms with E-state index in [1.54, 1.807) is 42.5 Å². The van der Waals surface area contributed by atoms with Gasteiger partial charge in [-0.05, 0) is 60.6 Å². The largest absolute Gasteiger partial charge is 0.493 e. The maximum absolute atomic E-state index is 13.4. The van der Waals surface area contributed by atoms with Crippen LogP contribution in [0.4, 0.5) is 5.69 Å². The van der Waals surface area contributed by atoms with Gasteiger partial charge in [0.2, 0.25) is 0 Å². The lowest BCUT2D eigenvalue weighted by Crippen LogP contribution is -2.54. The van der Waals surface area contributed by atoms with Gasteiger partial charge in [-0.25, -0.2) is 4.79 Å². The molecule has 0 radical (unpaired) electrons. The van der Waals surface area contributed by atoms with Crippen molar-refractivity contribution >= 4 is 46.9 Å². The van der Waals surface area contributed by atoms with Crippen LogP contribution in [-0.2, 0) is 16.2 Å². The van der Waals surface area contributed by atoms with Crippen molar-refractivity contribution in [3.8, 4) is 11.5 Å². The Morgan fingerprint density at radius 1 is 1.06 bits per heavy atom. The summed E-state index contributed by atoms with van der Waals surface area (Å²) in [4.78, 5) is 38.6. The van der Waals surface area contributed by atoms with E-state index in [1.165, 1.54) is 30.2 Å². The minimum Gasteiger partial charge on any atom is -0.493 e. The maximum Gasteiger partial charge on any atom is 0.335 e. The molecule has 36 heavy (non-hydrogen) atoms. The lowest BCUT2D eigenvalue weighted by Gasteiger charge is -2.30. The van der Waals surface area contributed by atoms with E-state index in [4.69, 9.17) is 26.8 Å². The Hall–Kier alpha value is -4.50. The average Bonchev–Trinajstić information content (AvgIpc) is 2.86. The number of hydrogen-bond donors (Lipinski definition) is 2. The van der Waals surface area contributed by atoms with Crippen molar-refractivity contribution in [1.82, 2.24) is 5.32 Å². The number of carbonyl (C=O) groups excluding carboxylic acids is 2. The number of thiocarbonyl (C=S) groups is 1. The van der Waals surface area contributed by atoms with Gasteiger partial charge in [-0.1, -0.05) is 42.5 Å². The number of para-hydroxylation sites is 2. The van der Waals surface area contributed by atoms with Crippen molar-refractivity contribution in [3.63, 3.8) is 0 Å². The van der Waals surface area contributed by atoms with E-state index in [-0.39, 0.29) is 22.9 Å². The Morgan fingerprint density at radius 2 is 1.78 bits per heavy atom. The predicted octanol–water partition coefficient (Wildman–Crippen LogP) is 4.11. The second kappa shape index (κ2) is 10.4. The minimum absolute atomic E-state index is 0.00312. The summed E-state index contributed by atoms with van der Waals surface area (Å²) in [6.07, 6.45) is 1.44. The van der Waals surface area contributed by atoms with E-state index >= 15 is 0 Å². The maximum atomic E-state index is 13.4. The Balaban J connectivity index is 1.68. The van der Waals surface area contributed by atoms with Gasteiger partial charge in [-0.15, -0.1) is 0 Å². The fourth-order valence-electron chi connectivity index (χ4n) is 3.71. The van der Waals surface area contributed by atoms with Crippen LogP contribution >= 0.6 is 12.2 Å². The zero-order valence-electron chi connectivity index (χ0n) is 19.5. The molecule has 9 heteroatoms. The third kappa shape index (κ3) is 4.96. The fourth-order valence-corrected chi connectivity index (χ4v) is 3.98. The molecule has 1 saturated heterocycles. The van der Waals surface area contributed by atoms with Crippen LogP contribution in [0.2, 0.25) is 0 Å². The standard InChI is InChI=1S/C27H22N2O6S/c1-16-6-3-4-8-21(16)29-25(31)20(24(30)28-27(29)36)14-19-7-5-9-22(34-2)23(19)35-15-17-10-12-18(13-11-17)26(32)33/h3-14H,15H2,1-2H3,(H,32,33)(H,28,30,36)/b20-14+. The lowest BCUT2D eigenvalue weighted by molar-refractivity contribution is -0.122. The van der Waals surface area contributed by atoms with Crippen LogP contribution in [0, 0.1) is 6.92 Å². The summed E-state index contributed by atoms with van der Waals surface area (Å²) in [6, 6.07) is 18.6. The molecule has 2 amide bonds. The van der Waals surface area contributed by atoms with Gasteiger partial charge in [0.25, 0.3) is 11.8 Å². The number of hydrogen-bond acceptors (Lipinski definition) is 6. The van der Waals surface area contributed by atoms with E-state index in [0.717, 1.165) is 11.1 Å². The molecule has 3 aromatic carbocycles. The number of carboxylic acids is 1. The molecule has 0 aliphatic carbocycles. The van der Waals surface area contributed by atoms with Crippen LogP contribution in [0.5, 0.6) is 11.5 Å². The van der Waals surface area contributed by atoms with E-state index in [9.17, 15) is 14.4 Å². The van der Waals surface area contributed by atoms with Gasteiger partial charge in [0.1, 0.15) is 12.2 Å². The number of anilines is 1. The second-order valence-electron chi connectivity index (χ2n) is 7.91. The molecule has 1 heterocycles. The molecule has 1 aliphatic rings. The highest BCUT2D eigenvalue weighted by Gasteiger charge is 2.35. The van der Waals surface area contributed by atoms with Crippen LogP contribution in [0.1, 0.15) is 27.0 Å². The molecule has 0 saturated carbocycles. The number of amides is 2. The SMILES string of the molecule is COc1cccc(/C=C2\C(=O)NC(=S)N(c3ccccc3C)C2=O)c1OCc1ccc(C(=O)O)cc1. The van der Waals surface area contributed by atoms with Gasteiger partial charge < -0.3 is 14.6 Å². The number of aromatic carboxylic acids is 1. The molecule has 0 aromatic heterocycles. The summed E-state index contributed by atoms with van der Waals surface area (Å²) in [7, 11) is 1.48. The molecule has 1 fully saturated rings. The summed E-state index contributed by atoms with van der Waals surface area (Å²) < 4.78 is 11.5. The number of nitrogens with zero attached hydrogens (tertiary/aromatic N) is 1. The Bertz CT molecular complexity index is 1400. The predicted molar refractivity (Wildman–Crippen MR) is 138 cm³/mol. The van der Waals surface area contributed by atoms with Crippen molar-refractivity contribution in [2.24, 2.45) is 0 Å². The zero-order valence-corrected chi connectivity index (χ0v) is 20.3. The van der Waals surface area contributed by atoms with Crippen LogP contribution in [0.25, 0.3) is 6.08 Å². The number of methoxy groups -OCH3 is 1. The molecule has 0 bridgehead atoms. The normalized spacial score (nSPS) is 14.6. The van der Waals surface area contributed by atoms with Crippen LogP contribution in [-0.4, -0.2) is 35.1 Å². The Kier molecular flexibility index (Phi) is 7.12. The van der Waals surface area contributed by atoms with Crippen molar-refractivity contribution in [1.29, 1.82) is 0 Å². The molecular weight excluding hydrogens is 480 g/mol. The number of carboxylic acid groups (broad SMARTS) is 1. The Labute approximate surface area is 212 Å². The minimum atomic E-state index is -1.02. The third-order valence-corrected chi connectivity index (χ3v) is 5.86. The number of aryl methyl sites for hydroxylation is 1. The van der Waals surface area contributed by atoms with E-state index in [1.807, 2.05) is 19.1 Å². The van der Waals surface area contributed by atoms with Gasteiger partial charge in [0.15, 0.2) is 16.6 Å². The van der Waals surface area contributed by atoms with Gasteiger partial charge in [-0.2, -0.15) is 0 Å². The van der Waals surface area contributed by atoms with Crippen molar-refractivity contribution in [2.75, 3.05) is 12.0 Å². The molecule has 182 valence electrons. The van der Waals surface area contributed by atoms with Gasteiger partial charge >= 0.3 is 5.97 Å². The molecule has 0 unspecified atom stereocenters.